The molecule has 2 rings (SSSR count). The monoisotopic (exact) mass is 362 g/mol. The second kappa shape index (κ2) is 10.2. The van der Waals surface area contributed by atoms with Gasteiger partial charge in [0.15, 0.2) is 0 Å². The summed E-state index contributed by atoms with van der Waals surface area (Å²) < 4.78 is 10.3. The van der Waals surface area contributed by atoms with E-state index < -0.39 is 0 Å². The Morgan fingerprint density at radius 1 is 1.23 bits per heavy atom. The van der Waals surface area contributed by atoms with Gasteiger partial charge in [-0.15, -0.1) is 0 Å². The highest BCUT2D eigenvalue weighted by atomic mass is 16.5. The lowest BCUT2D eigenvalue weighted by Crippen LogP contribution is -2.43. The molecule has 1 amide bonds. The average molecular weight is 362 g/mol. The summed E-state index contributed by atoms with van der Waals surface area (Å²) in [5.74, 6) is 1.15. The van der Waals surface area contributed by atoms with E-state index in [1.807, 2.05) is 18.2 Å². The maximum Gasteiger partial charge on any atom is 0.325 e. The maximum atomic E-state index is 12.3. The van der Waals surface area contributed by atoms with Crippen LogP contribution in [-0.4, -0.2) is 68.6 Å². The van der Waals surface area contributed by atoms with E-state index in [1.54, 1.807) is 21.1 Å². The number of likely N-dealkylation sites (N-methyl/N-ethyl adjacent to an activating group) is 1. The van der Waals surface area contributed by atoms with E-state index in [1.165, 1.54) is 10.5 Å². The molecule has 6 heteroatoms. The van der Waals surface area contributed by atoms with Crippen molar-refractivity contribution < 1.29 is 19.1 Å². The number of hydrogen-bond donors (Lipinski definition) is 0. The normalized spacial score (nSPS) is 15.5. The Hall–Kier alpha value is -2.08. The van der Waals surface area contributed by atoms with E-state index in [0.717, 1.165) is 38.1 Å². The minimum atomic E-state index is -0.362. The van der Waals surface area contributed by atoms with E-state index >= 15 is 0 Å². The van der Waals surface area contributed by atoms with Crippen LogP contribution in [0.15, 0.2) is 24.3 Å². The molecule has 1 aliphatic rings. The van der Waals surface area contributed by atoms with Crippen molar-refractivity contribution in [3.8, 4) is 5.75 Å². The molecule has 1 aliphatic heterocycles. The molecule has 0 unspecified atom stereocenters. The van der Waals surface area contributed by atoms with E-state index in [2.05, 4.69) is 11.0 Å². The van der Waals surface area contributed by atoms with E-state index in [-0.39, 0.29) is 18.4 Å². The van der Waals surface area contributed by atoms with Gasteiger partial charge in [-0.25, -0.2) is 0 Å². The minimum absolute atomic E-state index is 0.0109. The molecular weight excluding hydrogens is 332 g/mol. The van der Waals surface area contributed by atoms with Crippen molar-refractivity contribution in [3.05, 3.63) is 29.8 Å². The molecule has 0 saturated carbocycles. The molecule has 1 fully saturated rings. The Morgan fingerprint density at radius 2 is 1.92 bits per heavy atom. The summed E-state index contributed by atoms with van der Waals surface area (Å²) in [4.78, 5) is 27.4. The first-order valence-electron chi connectivity index (χ1n) is 9.27. The van der Waals surface area contributed by atoms with Crippen molar-refractivity contribution in [2.75, 3.05) is 46.9 Å². The number of ether oxygens (including phenoxy) is 2. The third-order valence-corrected chi connectivity index (χ3v) is 4.86. The summed E-state index contributed by atoms with van der Waals surface area (Å²) in [6, 6.07) is 8.16. The first-order valence-corrected chi connectivity index (χ1v) is 9.27. The quantitative estimate of drug-likeness (QED) is 0.662. The van der Waals surface area contributed by atoms with Crippen LogP contribution in [0.25, 0.3) is 0 Å². The number of likely N-dealkylation sites (tertiary alicyclic amines) is 1. The Morgan fingerprint density at radius 3 is 2.58 bits per heavy atom. The number of amides is 1. The van der Waals surface area contributed by atoms with Crippen molar-refractivity contribution in [2.24, 2.45) is 5.92 Å². The van der Waals surface area contributed by atoms with Gasteiger partial charge in [0.05, 0.1) is 20.3 Å². The molecule has 0 aliphatic carbocycles. The smallest absolute Gasteiger partial charge is 0.325 e. The van der Waals surface area contributed by atoms with Gasteiger partial charge in [-0.05, 0) is 56.8 Å². The lowest BCUT2D eigenvalue weighted by Gasteiger charge is -2.32. The van der Waals surface area contributed by atoms with Crippen LogP contribution in [0.4, 0.5) is 0 Å². The van der Waals surface area contributed by atoms with Gasteiger partial charge >= 0.3 is 5.97 Å². The molecule has 0 spiro atoms. The molecule has 0 N–H and O–H groups in total. The Labute approximate surface area is 156 Å². The summed E-state index contributed by atoms with van der Waals surface area (Å²) in [6.45, 7) is 4.27. The molecule has 0 atom stereocenters. The van der Waals surface area contributed by atoms with Crippen LogP contribution in [0, 0.1) is 5.92 Å². The standard InChI is InChI=1S/C20H30N2O4/c1-4-26-20(24)15-21(2)19(23)14-22-11-9-16(10-12-22)13-17-7-5-6-8-18(17)25-3/h5-8,16H,4,9-15H2,1-3H3. The summed E-state index contributed by atoms with van der Waals surface area (Å²) in [6.07, 6.45) is 3.13. The molecule has 0 radical (unpaired) electrons. The summed E-state index contributed by atoms with van der Waals surface area (Å²) in [5.41, 5.74) is 1.25. The van der Waals surface area contributed by atoms with Gasteiger partial charge in [-0.3, -0.25) is 14.5 Å². The lowest BCUT2D eigenvalue weighted by atomic mass is 9.90. The fourth-order valence-corrected chi connectivity index (χ4v) is 3.33. The molecule has 1 aromatic carbocycles. The van der Waals surface area contributed by atoms with Crippen LogP contribution < -0.4 is 4.74 Å². The van der Waals surface area contributed by atoms with Gasteiger partial charge in [-0.2, -0.15) is 0 Å². The predicted octanol–water partition coefficient (Wildman–Crippen LogP) is 1.97. The van der Waals surface area contributed by atoms with Gasteiger partial charge in [0, 0.05) is 7.05 Å². The SMILES string of the molecule is CCOC(=O)CN(C)C(=O)CN1CCC(Cc2ccccc2OC)CC1. The fraction of sp³-hybridized carbons (Fsp3) is 0.600. The first kappa shape index (κ1) is 20.2. The van der Waals surface area contributed by atoms with E-state index in [4.69, 9.17) is 9.47 Å². The highest BCUT2D eigenvalue weighted by molar-refractivity contribution is 5.83. The summed E-state index contributed by atoms with van der Waals surface area (Å²) >= 11 is 0. The summed E-state index contributed by atoms with van der Waals surface area (Å²) in [5, 5.41) is 0. The third kappa shape index (κ3) is 6.02. The Kier molecular flexibility index (Phi) is 7.91. The van der Waals surface area contributed by atoms with Crippen molar-refractivity contribution >= 4 is 11.9 Å². The fourth-order valence-electron chi connectivity index (χ4n) is 3.33. The number of hydrogen-bond acceptors (Lipinski definition) is 5. The van der Waals surface area contributed by atoms with Crippen LogP contribution >= 0.6 is 0 Å². The number of carbonyl (C=O) groups excluding carboxylic acids is 2. The first-order chi connectivity index (χ1) is 12.5. The van der Waals surface area contributed by atoms with Crippen molar-refractivity contribution in [3.63, 3.8) is 0 Å². The molecule has 6 nitrogen and oxygen atoms in total. The van der Waals surface area contributed by atoms with Crippen LogP contribution in [0.3, 0.4) is 0 Å². The van der Waals surface area contributed by atoms with E-state index in [9.17, 15) is 9.59 Å². The number of methoxy groups -OCH3 is 1. The third-order valence-electron chi connectivity index (χ3n) is 4.86. The lowest BCUT2D eigenvalue weighted by molar-refractivity contribution is -0.148. The molecule has 1 aromatic rings. The zero-order chi connectivity index (χ0) is 18.9. The zero-order valence-electron chi connectivity index (χ0n) is 16.1. The minimum Gasteiger partial charge on any atom is -0.496 e. The number of rotatable bonds is 8. The predicted molar refractivity (Wildman–Crippen MR) is 100 cm³/mol. The van der Waals surface area contributed by atoms with Crippen LogP contribution in [-0.2, 0) is 20.7 Å². The van der Waals surface area contributed by atoms with Gasteiger partial charge in [0.2, 0.25) is 5.91 Å². The number of piperidine rings is 1. The largest absolute Gasteiger partial charge is 0.496 e. The number of benzene rings is 1. The number of carbonyl (C=O) groups is 2. The molecule has 26 heavy (non-hydrogen) atoms. The van der Waals surface area contributed by atoms with Gasteiger partial charge in [-0.1, -0.05) is 18.2 Å². The Bertz CT molecular complexity index is 597. The molecule has 0 bridgehead atoms. The number of nitrogens with zero attached hydrogens (tertiary/aromatic N) is 2. The van der Waals surface area contributed by atoms with Crippen LogP contribution in [0.5, 0.6) is 5.75 Å². The van der Waals surface area contributed by atoms with Gasteiger partial charge < -0.3 is 14.4 Å². The molecular formula is C20H30N2O4. The second-order valence-corrected chi connectivity index (χ2v) is 6.79. The van der Waals surface area contributed by atoms with Crippen LogP contribution in [0.2, 0.25) is 0 Å². The van der Waals surface area contributed by atoms with Crippen molar-refractivity contribution in [2.45, 2.75) is 26.2 Å². The molecule has 0 aromatic heterocycles. The topological polar surface area (TPSA) is 59.1 Å². The number of para-hydroxylation sites is 1. The average Bonchev–Trinajstić information content (AvgIpc) is 2.64. The Balaban J connectivity index is 1.76. The van der Waals surface area contributed by atoms with E-state index in [0.29, 0.717) is 19.1 Å². The number of esters is 1. The molecule has 1 saturated heterocycles. The highest BCUT2D eigenvalue weighted by Crippen LogP contribution is 2.26. The highest BCUT2D eigenvalue weighted by Gasteiger charge is 2.23. The van der Waals surface area contributed by atoms with Gasteiger partial charge in [0.1, 0.15) is 12.3 Å². The van der Waals surface area contributed by atoms with Crippen LogP contribution in [0.1, 0.15) is 25.3 Å². The zero-order valence-corrected chi connectivity index (χ0v) is 16.1. The maximum absolute atomic E-state index is 12.3. The van der Waals surface area contributed by atoms with Crippen molar-refractivity contribution in [1.82, 2.24) is 9.80 Å². The molecule has 144 valence electrons. The summed E-state index contributed by atoms with van der Waals surface area (Å²) in [7, 11) is 3.35. The van der Waals surface area contributed by atoms with Crippen molar-refractivity contribution in [1.29, 1.82) is 0 Å². The molecule has 1 heterocycles. The van der Waals surface area contributed by atoms with Gasteiger partial charge in [0.25, 0.3) is 0 Å². The second-order valence-electron chi connectivity index (χ2n) is 6.79.